The van der Waals surface area contributed by atoms with E-state index in [9.17, 15) is 4.79 Å². The number of thiophene rings is 1. The maximum Gasteiger partial charge on any atom is 0.203 e. The molecule has 0 saturated heterocycles. The lowest BCUT2D eigenvalue weighted by atomic mass is 10.0. The molecule has 2 rings (SSSR count). The van der Waals surface area contributed by atoms with E-state index in [2.05, 4.69) is 0 Å². The number of hydrogen-bond donors (Lipinski definition) is 1. The highest BCUT2D eigenvalue weighted by atomic mass is 32.1. The molecular weight excluding hydrogens is 206 g/mol. The van der Waals surface area contributed by atoms with Crippen molar-refractivity contribution >= 4 is 17.1 Å². The lowest BCUT2D eigenvalue weighted by Crippen LogP contribution is -2.07. The largest absolute Gasteiger partial charge is 0.326 e. The number of carbonyl (C=O) groups excluding carboxylic acids is 1. The van der Waals surface area contributed by atoms with E-state index in [1.165, 1.54) is 11.3 Å². The number of ketones is 1. The van der Waals surface area contributed by atoms with Crippen LogP contribution in [0.3, 0.4) is 0 Å². The molecule has 0 aliphatic heterocycles. The maximum absolute atomic E-state index is 12.0. The summed E-state index contributed by atoms with van der Waals surface area (Å²) >= 11 is 1.45. The van der Waals surface area contributed by atoms with Crippen molar-refractivity contribution in [1.82, 2.24) is 0 Å². The second-order valence-electron chi connectivity index (χ2n) is 3.17. The molecule has 0 bridgehead atoms. The van der Waals surface area contributed by atoms with Crippen LogP contribution in [-0.2, 0) is 6.54 Å². The molecule has 1 heterocycles. The van der Waals surface area contributed by atoms with Crippen molar-refractivity contribution in [2.75, 3.05) is 0 Å². The molecule has 2 nitrogen and oxygen atoms in total. The Morgan fingerprint density at radius 1 is 1.20 bits per heavy atom. The van der Waals surface area contributed by atoms with E-state index in [0.717, 1.165) is 10.4 Å². The first-order chi connectivity index (χ1) is 7.33. The molecule has 3 heteroatoms. The summed E-state index contributed by atoms with van der Waals surface area (Å²) in [6, 6.07) is 11.2. The van der Waals surface area contributed by atoms with Gasteiger partial charge in [-0.2, -0.15) is 0 Å². The van der Waals surface area contributed by atoms with Gasteiger partial charge in [0.15, 0.2) is 0 Å². The van der Waals surface area contributed by atoms with Crippen LogP contribution in [0.4, 0.5) is 0 Å². The average Bonchev–Trinajstić information content (AvgIpc) is 2.81. The van der Waals surface area contributed by atoms with Gasteiger partial charge < -0.3 is 5.73 Å². The average molecular weight is 217 g/mol. The fraction of sp³-hybridized carbons (Fsp3) is 0.0833. The molecule has 1 aromatic heterocycles. The van der Waals surface area contributed by atoms with Crippen LogP contribution in [0.25, 0.3) is 0 Å². The van der Waals surface area contributed by atoms with Gasteiger partial charge in [0.2, 0.25) is 5.78 Å². The van der Waals surface area contributed by atoms with Crippen LogP contribution in [0.5, 0.6) is 0 Å². The molecule has 0 aliphatic rings. The van der Waals surface area contributed by atoms with Gasteiger partial charge in [-0.1, -0.05) is 30.3 Å². The van der Waals surface area contributed by atoms with Crippen molar-refractivity contribution in [2.45, 2.75) is 6.54 Å². The fourth-order valence-electron chi connectivity index (χ4n) is 1.46. The monoisotopic (exact) mass is 217 g/mol. The van der Waals surface area contributed by atoms with Crippen molar-refractivity contribution in [3.8, 4) is 0 Å². The van der Waals surface area contributed by atoms with Gasteiger partial charge in [0.1, 0.15) is 0 Å². The highest BCUT2D eigenvalue weighted by Crippen LogP contribution is 2.17. The van der Waals surface area contributed by atoms with E-state index in [1.54, 1.807) is 0 Å². The van der Waals surface area contributed by atoms with Crippen molar-refractivity contribution < 1.29 is 4.79 Å². The minimum atomic E-state index is 0.0612. The lowest BCUT2D eigenvalue weighted by molar-refractivity contribution is 0.104. The van der Waals surface area contributed by atoms with Crippen LogP contribution in [0, 0.1) is 0 Å². The molecular formula is C12H11NOS. The summed E-state index contributed by atoms with van der Waals surface area (Å²) in [5, 5.41) is 1.90. The summed E-state index contributed by atoms with van der Waals surface area (Å²) in [4.78, 5) is 12.8. The summed E-state index contributed by atoms with van der Waals surface area (Å²) < 4.78 is 0. The van der Waals surface area contributed by atoms with Crippen LogP contribution in [0.2, 0.25) is 0 Å². The lowest BCUT2D eigenvalue weighted by Gasteiger charge is -2.04. The molecule has 0 spiro atoms. The van der Waals surface area contributed by atoms with E-state index in [1.807, 2.05) is 41.8 Å². The van der Waals surface area contributed by atoms with Crippen molar-refractivity contribution in [2.24, 2.45) is 5.73 Å². The smallest absolute Gasteiger partial charge is 0.203 e. The van der Waals surface area contributed by atoms with Gasteiger partial charge in [0, 0.05) is 12.1 Å². The molecule has 0 radical (unpaired) electrons. The fourth-order valence-corrected chi connectivity index (χ4v) is 2.14. The molecule has 1 aromatic carbocycles. The molecule has 0 aliphatic carbocycles. The molecule has 0 fully saturated rings. The van der Waals surface area contributed by atoms with Crippen molar-refractivity contribution in [3.05, 3.63) is 57.8 Å². The van der Waals surface area contributed by atoms with Crippen LogP contribution in [0.15, 0.2) is 41.8 Å². The van der Waals surface area contributed by atoms with Crippen molar-refractivity contribution in [1.29, 1.82) is 0 Å². The quantitative estimate of drug-likeness (QED) is 0.802. The Kier molecular flexibility index (Phi) is 2.94. The van der Waals surface area contributed by atoms with E-state index < -0.39 is 0 Å². The normalized spacial score (nSPS) is 10.2. The number of hydrogen-bond acceptors (Lipinski definition) is 3. The molecule has 2 aromatic rings. The van der Waals surface area contributed by atoms with Crippen LogP contribution < -0.4 is 5.73 Å². The zero-order valence-corrected chi connectivity index (χ0v) is 8.96. The number of rotatable bonds is 3. The molecule has 15 heavy (non-hydrogen) atoms. The third-order valence-electron chi connectivity index (χ3n) is 2.23. The second-order valence-corrected chi connectivity index (χ2v) is 4.12. The number of carbonyl (C=O) groups is 1. The third-order valence-corrected chi connectivity index (χ3v) is 3.10. The van der Waals surface area contributed by atoms with Gasteiger partial charge in [0.25, 0.3) is 0 Å². The van der Waals surface area contributed by atoms with E-state index in [0.29, 0.717) is 12.1 Å². The maximum atomic E-state index is 12.0. The summed E-state index contributed by atoms with van der Waals surface area (Å²) in [5.41, 5.74) is 7.20. The Bertz CT molecular complexity index is 462. The van der Waals surface area contributed by atoms with Gasteiger partial charge in [0.05, 0.1) is 4.88 Å². The topological polar surface area (TPSA) is 43.1 Å². The van der Waals surface area contributed by atoms with Crippen LogP contribution in [0.1, 0.15) is 20.8 Å². The van der Waals surface area contributed by atoms with Gasteiger partial charge in [-0.3, -0.25) is 4.79 Å². The molecule has 2 N–H and O–H groups in total. The Morgan fingerprint density at radius 2 is 2.00 bits per heavy atom. The number of nitrogens with two attached hydrogens (primary N) is 1. The first kappa shape index (κ1) is 10.1. The second kappa shape index (κ2) is 4.38. The predicted octanol–water partition coefficient (Wildman–Crippen LogP) is 2.44. The summed E-state index contributed by atoms with van der Waals surface area (Å²) in [7, 11) is 0. The van der Waals surface area contributed by atoms with E-state index in [4.69, 9.17) is 5.73 Å². The standard InChI is InChI=1S/C12H11NOS/c13-8-9-4-1-2-5-10(9)12(14)11-6-3-7-15-11/h1-7H,8,13H2. The Morgan fingerprint density at radius 3 is 2.67 bits per heavy atom. The molecule has 0 saturated carbocycles. The Labute approximate surface area is 92.4 Å². The Balaban J connectivity index is 2.42. The zero-order valence-electron chi connectivity index (χ0n) is 8.14. The Hall–Kier alpha value is -1.45. The SMILES string of the molecule is NCc1ccccc1C(=O)c1cccs1. The van der Waals surface area contributed by atoms with Crippen LogP contribution >= 0.6 is 11.3 Å². The van der Waals surface area contributed by atoms with E-state index in [-0.39, 0.29) is 5.78 Å². The first-order valence-electron chi connectivity index (χ1n) is 4.69. The summed E-state index contributed by atoms with van der Waals surface area (Å²) in [5.74, 6) is 0.0612. The highest BCUT2D eigenvalue weighted by molar-refractivity contribution is 7.12. The minimum Gasteiger partial charge on any atom is -0.326 e. The highest BCUT2D eigenvalue weighted by Gasteiger charge is 2.12. The minimum absolute atomic E-state index is 0.0612. The van der Waals surface area contributed by atoms with Gasteiger partial charge in [-0.05, 0) is 17.0 Å². The molecule has 0 unspecified atom stereocenters. The van der Waals surface area contributed by atoms with Crippen molar-refractivity contribution in [3.63, 3.8) is 0 Å². The molecule has 76 valence electrons. The first-order valence-corrected chi connectivity index (χ1v) is 5.57. The predicted molar refractivity (Wildman–Crippen MR) is 62.1 cm³/mol. The molecule has 0 atom stereocenters. The zero-order chi connectivity index (χ0) is 10.7. The van der Waals surface area contributed by atoms with Crippen LogP contribution in [-0.4, -0.2) is 5.78 Å². The van der Waals surface area contributed by atoms with Gasteiger partial charge >= 0.3 is 0 Å². The molecule has 0 amide bonds. The summed E-state index contributed by atoms with van der Waals surface area (Å²) in [6.07, 6.45) is 0. The van der Waals surface area contributed by atoms with Gasteiger partial charge in [-0.25, -0.2) is 0 Å². The van der Waals surface area contributed by atoms with Gasteiger partial charge in [-0.15, -0.1) is 11.3 Å². The van der Waals surface area contributed by atoms with E-state index >= 15 is 0 Å². The third kappa shape index (κ3) is 1.98. The number of benzene rings is 1. The summed E-state index contributed by atoms with van der Waals surface area (Å²) in [6.45, 7) is 0.396.